The second-order valence-corrected chi connectivity index (χ2v) is 12.8. The van der Waals surface area contributed by atoms with Crippen LogP contribution < -0.4 is 4.90 Å². The van der Waals surface area contributed by atoms with Crippen LogP contribution in [0, 0.1) is 0 Å². The van der Waals surface area contributed by atoms with Gasteiger partial charge in [-0.2, -0.15) is 0 Å². The van der Waals surface area contributed by atoms with Crippen molar-refractivity contribution in [2.24, 2.45) is 0 Å². The number of aromatic nitrogens is 2. The zero-order chi connectivity index (χ0) is 28.0. The van der Waals surface area contributed by atoms with Gasteiger partial charge in [0.05, 0.1) is 33.8 Å². The van der Waals surface area contributed by atoms with Crippen molar-refractivity contribution in [3.05, 3.63) is 139 Å². The van der Waals surface area contributed by atoms with E-state index in [1.807, 2.05) is 24.0 Å². The molecule has 42 heavy (non-hydrogen) atoms. The lowest BCUT2D eigenvalue weighted by Gasteiger charge is -2.33. The van der Waals surface area contributed by atoms with E-state index in [4.69, 9.17) is 4.98 Å². The molecule has 200 valence electrons. The minimum absolute atomic E-state index is 0.163. The first-order valence-corrected chi connectivity index (χ1v) is 15.2. The molecular formula is C38H27N3S. The second kappa shape index (κ2) is 8.60. The SMILES string of the molecule is CC1(C)c2ncccc2-n2c3ccc(-c4ccc(N5c6ccccc6Sc6ccccc65)cc4)cc3c3cccc1c32. The molecule has 0 bridgehead atoms. The van der Waals surface area contributed by atoms with Gasteiger partial charge in [-0.25, -0.2) is 0 Å². The Hall–Kier alpha value is -4.80. The van der Waals surface area contributed by atoms with E-state index < -0.39 is 0 Å². The number of anilines is 3. The van der Waals surface area contributed by atoms with E-state index in [1.165, 1.54) is 71.0 Å². The van der Waals surface area contributed by atoms with Crippen LogP contribution in [0.2, 0.25) is 0 Å². The Bertz CT molecular complexity index is 2160. The number of hydrogen-bond donors (Lipinski definition) is 0. The quantitative estimate of drug-likeness (QED) is 0.211. The van der Waals surface area contributed by atoms with Crippen molar-refractivity contribution >= 4 is 50.6 Å². The number of fused-ring (bicyclic) bond motifs is 7. The molecule has 0 spiro atoms. The van der Waals surface area contributed by atoms with Gasteiger partial charge in [0.1, 0.15) is 0 Å². The van der Waals surface area contributed by atoms with Crippen molar-refractivity contribution in [1.29, 1.82) is 0 Å². The third-order valence-electron chi connectivity index (χ3n) is 8.97. The van der Waals surface area contributed by atoms with Crippen LogP contribution in [0.1, 0.15) is 25.1 Å². The van der Waals surface area contributed by atoms with Crippen LogP contribution in [0.25, 0.3) is 38.6 Å². The molecule has 2 aliphatic heterocycles. The molecule has 0 radical (unpaired) electrons. The summed E-state index contributed by atoms with van der Waals surface area (Å²) < 4.78 is 2.42. The fourth-order valence-corrected chi connectivity index (χ4v) is 8.03. The van der Waals surface area contributed by atoms with Gasteiger partial charge in [0, 0.05) is 37.9 Å². The van der Waals surface area contributed by atoms with E-state index in [2.05, 4.69) is 139 Å². The molecule has 5 aromatic carbocycles. The van der Waals surface area contributed by atoms with Crippen LogP contribution in [0.3, 0.4) is 0 Å². The Morgan fingerprint density at radius 1 is 0.619 bits per heavy atom. The average Bonchev–Trinajstić information content (AvgIpc) is 3.37. The van der Waals surface area contributed by atoms with Gasteiger partial charge in [-0.05, 0) is 91.2 Å². The summed E-state index contributed by atoms with van der Waals surface area (Å²) in [4.78, 5) is 9.79. The Kier molecular flexibility index (Phi) is 4.89. The summed E-state index contributed by atoms with van der Waals surface area (Å²) in [6, 6.07) is 44.3. The number of hydrogen-bond acceptors (Lipinski definition) is 3. The molecular weight excluding hydrogens is 531 g/mol. The fourth-order valence-electron chi connectivity index (χ4n) is 6.98. The van der Waals surface area contributed by atoms with Crippen molar-refractivity contribution in [2.45, 2.75) is 29.1 Å². The molecule has 0 atom stereocenters. The predicted molar refractivity (Wildman–Crippen MR) is 175 cm³/mol. The van der Waals surface area contributed by atoms with Gasteiger partial charge in [0.25, 0.3) is 0 Å². The van der Waals surface area contributed by atoms with Gasteiger partial charge in [-0.1, -0.05) is 72.4 Å². The van der Waals surface area contributed by atoms with Gasteiger partial charge >= 0.3 is 0 Å². The first-order chi connectivity index (χ1) is 20.6. The summed E-state index contributed by atoms with van der Waals surface area (Å²) in [6.07, 6.45) is 1.92. The van der Waals surface area contributed by atoms with Crippen molar-refractivity contribution in [1.82, 2.24) is 9.55 Å². The monoisotopic (exact) mass is 557 g/mol. The highest BCUT2D eigenvalue weighted by molar-refractivity contribution is 7.99. The maximum Gasteiger partial charge on any atom is 0.0744 e. The lowest BCUT2D eigenvalue weighted by molar-refractivity contribution is 0.606. The molecule has 0 amide bonds. The second-order valence-electron chi connectivity index (χ2n) is 11.7. The maximum atomic E-state index is 4.86. The highest BCUT2D eigenvalue weighted by Crippen LogP contribution is 2.51. The first-order valence-electron chi connectivity index (χ1n) is 14.4. The van der Waals surface area contributed by atoms with Crippen LogP contribution in [-0.2, 0) is 5.41 Å². The molecule has 0 saturated heterocycles. The highest BCUT2D eigenvalue weighted by Gasteiger charge is 2.36. The summed E-state index contributed by atoms with van der Waals surface area (Å²) in [5.41, 5.74) is 12.0. The molecule has 2 aliphatic rings. The van der Waals surface area contributed by atoms with Crippen LogP contribution in [0.15, 0.2) is 137 Å². The molecule has 2 aromatic heterocycles. The molecule has 7 aromatic rings. The third kappa shape index (κ3) is 3.21. The largest absolute Gasteiger partial charge is 0.308 e. The number of rotatable bonds is 2. The van der Waals surface area contributed by atoms with Crippen molar-refractivity contribution in [3.63, 3.8) is 0 Å². The Labute approximate surface area is 249 Å². The molecule has 0 saturated carbocycles. The smallest absolute Gasteiger partial charge is 0.0744 e. The molecule has 0 fully saturated rings. The molecule has 0 N–H and O–H groups in total. The van der Waals surface area contributed by atoms with Gasteiger partial charge in [-0.3, -0.25) is 4.98 Å². The topological polar surface area (TPSA) is 21.1 Å². The van der Waals surface area contributed by atoms with Gasteiger partial charge in [-0.15, -0.1) is 0 Å². The minimum atomic E-state index is -0.163. The predicted octanol–water partition coefficient (Wildman–Crippen LogP) is 10.4. The van der Waals surface area contributed by atoms with Crippen molar-refractivity contribution in [3.8, 4) is 16.8 Å². The first kappa shape index (κ1) is 23.9. The maximum absolute atomic E-state index is 4.86. The van der Waals surface area contributed by atoms with Crippen LogP contribution >= 0.6 is 11.8 Å². The summed E-state index contributed by atoms with van der Waals surface area (Å²) in [6.45, 7) is 4.58. The fraction of sp³-hybridized carbons (Fsp3) is 0.0789. The van der Waals surface area contributed by atoms with Crippen LogP contribution in [0.4, 0.5) is 17.1 Å². The highest BCUT2D eigenvalue weighted by atomic mass is 32.2. The number of para-hydroxylation sites is 3. The number of benzene rings is 5. The lowest BCUT2D eigenvalue weighted by atomic mass is 9.77. The van der Waals surface area contributed by atoms with E-state index in [9.17, 15) is 0 Å². The summed E-state index contributed by atoms with van der Waals surface area (Å²) in [7, 11) is 0. The molecule has 9 rings (SSSR count). The Balaban J connectivity index is 1.18. The zero-order valence-corrected chi connectivity index (χ0v) is 24.2. The minimum Gasteiger partial charge on any atom is -0.308 e. The van der Waals surface area contributed by atoms with Gasteiger partial charge in [0.2, 0.25) is 0 Å². The lowest BCUT2D eigenvalue weighted by Crippen LogP contribution is -2.27. The summed E-state index contributed by atoms with van der Waals surface area (Å²) in [5.74, 6) is 0. The molecule has 3 nitrogen and oxygen atoms in total. The summed E-state index contributed by atoms with van der Waals surface area (Å²) >= 11 is 1.84. The van der Waals surface area contributed by atoms with E-state index in [-0.39, 0.29) is 5.41 Å². The van der Waals surface area contributed by atoms with Crippen LogP contribution in [-0.4, -0.2) is 9.55 Å². The third-order valence-corrected chi connectivity index (χ3v) is 10.1. The number of nitrogens with zero attached hydrogens (tertiary/aromatic N) is 3. The van der Waals surface area contributed by atoms with E-state index in [0.29, 0.717) is 0 Å². The normalized spacial score (nSPS) is 14.5. The summed E-state index contributed by atoms with van der Waals surface area (Å²) in [5, 5.41) is 2.57. The average molecular weight is 558 g/mol. The van der Waals surface area contributed by atoms with Crippen molar-refractivity contribution < 1.29 is 0 Å². The van der Waals surface area contributed by atoms with E-state index in [0.717, 1.165) is 5.69 Å². The van der Waals surface area contributed by atoms with Gasteiger partial charge in [0.15, 0.2) is 0 Å². The zero-order valence-electron chi connectivity index (χ0n) is 23.4. The molecule has 4 heterocycles. The Morgan fingerprint density at radius 2 is 1.31 bits per heavy atom. The molecule has 0 aliphatic carbocycles. The van der Waals surface area contributed by atoms with Crippen molar-refractivity contribution in [2.75, 3.05) is 4.90 Å². The van der Waals surface area contributed by atoms with Crippen LogP contribution in [0.5, 0.6) is 0 Å². The van der Waals surface area contributed by atoms with E-state index in [1.54, 1.807) is 0 Å². The number of pyridine rings is 1. The Morgan fingerprint density at radius 3 is 2.07 bits per heavy atom. The standard InChI is InChI=1S/C38H27N3S/c1-38(2)29-10-7-9-27-28-23-25(18-21-30(28)41(36(27)29)33-13-8-22-39-37(33)38)24-16-19-26(20-17-24)40-31-11-3-5-14-34(31)42-35-15-6-4-12-32(35)40/h3-23H,1-2H3. The molecule has 4 heteroatoms. The molecule has 0 unspecified atom stereocenters. The van der Waals surface area contributed by atoms with E-state index >= 15 is 0 Å². The van der Waals surface area contributed by atoms with Gasteiger partial charge < -0.3 is 9.47 Å².